The van der Waals surface area contributed by atoms with Gasteiger partial charge in [-0.1, -0.05) is 97.1 Å². The second-order valence-electron chi connectivity index (χ2n) is 8.57. The third-order valence-electron chi connectivity index (χ3n) is 6.27. The molecule has 34 heavy (non-hydrogen) atoms. The molecule has 1 aliphatic rings. The molecular formula is C30H32N2P2. The van der Waals surface area contributed by atoms with Crippen LogP contribution in [0.4, 0.5) is 11.4 Å². The first-order chi connectivity index (χ1) is 16.9. The van der Waals surface area contributed by atoms with Gasteiger partial charge in [-0.2, -0.15) is 0 Å². The minimum atomic E-state index is -0.414. The van der Waals surface area contributed by atoms with Gasteiger partial charge in [-0.25, -0.2) is 0 Å². The van der Waals surface area contributed by atoms with Crippen LogP contribution >= 0.6 is 15.8 Å². The van der Waals surface area contributed by atoms with Crippen LogP contribution in [0.15, 0.2) is 109 Å². The molecule has 0 aromatic heterocycles. The first-order valence-corrected chi connectivity index (χ1v) is 15.3. The average molecular weight is 483 g/mol. The van der Waals surface area contributed by atoms with Crippen molar-refractivity contribution in [1.29, 1.82) is 0 Å². The fourth-order valence-electron chi connectivity index (χ4n) is 4.63. The molecule has 1 heterocycles. The van der Waals surface area contributed by atoms with Gasteiger partial charge in [-0.3, -0.25) is 0 Å². The van der Waals surface area contributed by atoms with E-state index in [-0.39, 0.29) is 0 Å². The van der Waals surface area contributed by atoms with Crippen LogP contribution < -0.4 is 31.9 Å². The second kappa shape index (κ2) is 11.7. The van der Waals surface area contributed by atoms with Crippen LogP contribution in [0.2, 0.25) is 0 Å². The van der Waals surface area contributed by atoms with Crippen molar-refractivity contribution in [3.63, 3.8) is 0 Å². The molecule has 4 heteroatoms. The van der Waals surface area contributed by atoms with E-state index < -0.39 is 15.8 Å². The van der Waals surface area contributed by atoms with E-state index >= 15 is 0 Å². The predicted octanol–water partition coefficient (Wildman–Crippen LogP) is 5.87. The number of hydrogen-bond acceptors (Lipinski definition) is 2. The van der Waals surface area contributed by atoms with Crippen molar-refractivity contribution < 1.29 is 0 Å². The molecule has 0 saturated heterocycles. The van der Waals surface area contributed by atoms with Crippen molar-refractivity contribution in [2.24, 2.45) is 0 Å². The summed E-state index contributed by atoms with van der Waals surface area (Å²) < 4.78 is 0. The predicted molar refractivity (Wildman–Crippen MR) is 154 cm³/mol. The van der Waals surface area contributed by atoms with E-state index in [9.17, 15) is 0 Å². The number of anilines is 2. The molecule has 0 aliphatic carbocycles. The topological polar surface area (TPSA) is 24.1 Å². The van der Waals surface area contributed by atoms with Crippen LogP contribution in [-0.4, -0.2) is 25.4 Å². The van der Waals surface area contributed by atoms with Gasteiger partial charge in [-0.15, -0.1) is 0 Å². The van der Waals surface area contributed by atoms with Crippen molar-refractivity contribution in [3.05, 3.63) is 109 Å². The zero-order chi connectivity index (χ0) is 23.0. The summed E-state index contributed by atoms with van der Waals surface area (Å²) in [6.45, 7) is 1.94. The molecule has 2 N–H and O–H groups in total. The summed E-state index contributed by atoms with van der Waals surface area (Å²) in [6, 6.07) is 40.3. The zero-order valence-electron chi connectivity index (χ0n) is 19.5. The Morgan fingerprint density at radius 3 is 1.32 bits per heavy atom. The van der Waals surface area contributed by atoms with Gasteiger partial charge in [0.1, 0.15) is 0 Å². The van der Waals surface area contributed by atoms with E-state index in [4.69, 9.17) is 0 Å². The van der Waals surface area contributed by atoms with Gasteiger partial charge in [0.15, 0.2) is 0 Å². The van der Waals surface area contributed by atoms with Crippen LogP contribution in [-0.2, 0) is 0 Å². The SMILES string of the molecule is c1ccc([P@@]2CCC[P@@](c3ccccc3)c3ccccc3NCCCNc3ccccc32)cc1. The minimum absolute atomic E-state index is 0.414. The van der Waals surface area contributed by atoms with Gasteiger partial charge >= 0.3 is 0 Å². The lowest BCUT2D eigenvalue weighted by Crippen LogP contribution is -2.23. The standard InChI is InChI=1S/C30H32N2P2/c1-3-13-25(14-4-1)33-23-12-24-34(26-15-5-2-6-16-26)30-20-10-8-18-28(30)32-22-11-21-31-27-17-7-9-19-29(27)33/h1-10,13-20,31-32H,11-12,21-24H2/t33-,34+. The summed E-state index contributed by atoms with van der Waals surface area (Å²) >= 11 is 0. The maximum atomic E-state index is 3.76. The Kier molecular flexibility index (Phi) is 7.92. The first-order valence-electron chi connectivity index (χ1n) is 12.2. The van der Waals surface area contributed by atoms with Crippen molar-refractivity contribution in [3.8, 4) is 0 Å². The van der Waals surface area contributed by atoms with Crippen LogP contribution in [0.25, 0.3) is 0 Å². The number of hydrogen-bond donors (Lipinski definition) is 2. The molecule has 0 unspecified atom stereocenters. The second-order valence-corrected chi connectivity index (χ2v) is 13.2. The average Bonchev–Trinajstić information content (AvgIpc) is 2.90. The maximum absolute atomic E-state index is 3.76. The molecule has 0 bridgehead atoms. The van der Waals surface area contributed by atoms with Crippen LogP contribution in [0.1, 0.15) is 12.8 Å². The first kappa shape index (κ1) is 23.1. The van der Waals surface area contributed by atoms with Gasteiger partial charge in [0, 0.05) is 35.1 Å². The largest absolute Gasteiger partial charge is 0.384 e. The zero-order valence-corrected chi connectivity index (χ0v) is 21.3. The highest BCUT2D eigenvalue weighted by atomic mass is 31.1. The lowest BCUT2D eigenvalue weighted by atomic mass is 10.3. The Hall–Kier alpha value is -2.66. The molecule has 4 aromatic rings. The monoisotopic (exact) mass is 482 g/mol. The molecule has 2 nitrogen and oxygen atoms in total. The molecule has 0 radical (unpaired) electrons. The quantitative estimate of drug-likeness (QED) is 0.349. The Morgan fingerprint density at radius 2 is 0.853 bits per heavy atom. The van der Waals surface area contributed by atoms with Crippen molar-refractivity contribution in [2.45, 2.75) is 12.8 Å². The smallest absolute Gasteiger partial charge is 0.0421 e. The fraction of sp³-hybridized carbons (Fsp3) is 0.200. The lowest BCUT2D eigenvalue weighted by Gasteiger charge is -2.26. The molecule has 4 aromatic carbocycles. The third-order valence-corrected chi connectivity index (χ3v) is 11.6. The normalized spacial score (nSPS) is 18.9. The molecule has 172 valence electrons. The summed E-state index contributed by atoms with van der Waals surface area (Å²) in [5.74, 6) is 0. The van der Waals surface area contributed by atoms with E-state index in [2.05, 4.69) is 120 Å². The van der Waals surface area contributed by atoms with Gasteiger partial charge < -0.3 is 10.6 Å². The number of nitrogens with one attached hydrogen (secondary N) is 2. The van der Waals surface area contributed by atoms with E-state index in [0.717, 1.165) is 19.5 Å². The van der Waals surface area contributed by atoms with Crippen LogP contribution in [0.5, 0.6) is 0 Å². The summed E-state index contributed by atoms with van der Waals surface area (Å²) in [6.07, 6.45) is 4.71. The molecule has 1 aliphatic heterocycles. The summed E-state index contributed by atoms with van der Waals surface area (Å²) in [4.78, 5) is 0. The molecule has 0 fully saturated rings. The molecule has 0 saturated carbocycles. The molecule has 0 spiro atoms. The summed E-state index contributed by atoms with van der Waals surface area (Å²) in [7, 11) is -0.828. The van der Waals surface area contributed by atoms with Crippen molar-refractivity contribution in [1.82, 2.24) is 0 Å². The maximum Gasteiger partial charge on any atom is 0.0421 e. The Morgan fingerprint density at radius 1 is 0.441 bits per heavy atom. The number of para-hydroxylation sites is 2. The fourth-order valence-corrected chi connectivity index (χ4v) is 9.87. The Balaban J connectivity index is 1.51. The van der Waals surface area contributed by atoms with E-state index in [1.807, 2.05) is 0 Å². The minimum Gasteiger partial charge on any atom is -0.384 e. The molecule has 0 amide bonds. The molecule has 5 rings (SSSR count). The van der Waals surface area contributed by atoms with Crippen molar-refractivity contribution in [2.75, 3.05) is 36.0 Å². The van der Waals surface area contributed by atoms with Crippen LogP contribution in [0.3, 0.4) is 0 Å². The number of fused-ring (bicyclic) bond motifs is 2. The number of benzene rings is 4. The van der Waals surface area contributed by atoms with Gasteiger partial charge in [0.2, 0.25) is 0 Å². The van der Waals surface area contributed by atoms with E-state index in [1.54, 1.807) is 0 Å². The van der Waals surface area contributed by atoms with E-state index in [0.29, 0.717) is 0 Å². The highest BCUT2D eigenvalue weighted by Crippen LogP contribution is 2.42. The van der Waals surface area contributed by atoms with Gasteiger partial charge in [0.25, 0.3) is 0 Å². The summed E-state index contributed by atoms with van der Waals surface area (Å²) in [5.41, 5.74) is 2.61. The Labute approximate surface area is 206 Å². The molecule has 2 atom stereocenters. The lowest BCUT2D eigenvalue weighted by molar-refractivity contribution is 0.911. The van der Waals surface area contributed by atoms with Crippen LogP contribution in [0, 0.1) is 0 Å². The van der Waals surface area contributed by atoms with E-state index in [1.165, 1.54) is 51.3 Å². The number of rotatable bonds is 2. The van der Waals surface area contributed by atoms with Gasteiger partial charge in [-0.05, 0) is 63.8 Å². The highest BCUT2D eigenvalue weighted by molar-refractivity contribution is 7.74. The molecular weight excluding hydrogens is 450 g/mol. The summed E-state index contributed by atoms with van der Waals surface area (Å²) in [5, 5.41) is 13.4. The van der Waals surface area contributed by atoms with Gasteiger partial charge in [0.05, 0.1) is 0 Å². The third kappa shape index (κ3) is 5.52. The Bertz CT molecular complexity index is 1090. The highest BCUT2D eigenvalue weighted by Gasteiger charge is 2.21. The van der Waals surface area contributed by atoms with Crippen molar-refractivity contribution >= 4 is 48.4 Å².